The first kappa shape index (κ1) is 15.3. The number of benzene rings is 2. The lowest BCUT2D eigenvalue weighted by molar-refractivity contribution is 0.302. The number of aromatic nitrogens is 3. The van der Waals surface area contributed by atoms with E-state index < -0.39 is 0 Å². The van der Waals surface area contributed by atoms with E-state index in [1.807, 2.05) is 28.9 Å². The van der Waals surface area contributed by atoms with Crippen LogP contribution in [0.2, 0.25) is 0 Å². The number of nitrogens with zero attached hydrogens (tertiary/aromatic N) is 3. The van der Waals surface area contributed by atoms with Crippen LogP contribution >= 0.6 is 0 Å². The van der Waals surface area contributed by atoms with Crippen LogP contribution in [-0.2, 0) is 6.54 Å². The Bertz CT molecular complexity index is 793. The zero-order valence-corrected chi connectivity index (χ0v) is 13.6. The maximum absolute atomic E-state index is 5.70. The van der Waals surface area contributed by atoms with Crippen molar-refractivity contribution in [1.29, 1.82) is 0 Å². The predicted octanol–water partition coefficient (Wildman–Crippen LogP) is 3.49. The monoisotopic (exact) mass is 310 g/mol. The minimum absolute atomic E-state index is 0.689. The number of fused-ring (bicyclic) bond motifs is 1. The van der Waals surface area contributed by atoms with E-state index in [0.29, 0.717) is 6.61 Å². The fourth-order valence-corrected chi connectivity index (χ4v) is 2.51. The van der Waals surface area contributed by atoms with Crippen LogP contribution < -0.4 is 10.5 Å². The van der Waals surface area contributed by atoms with E-state index in [2.05, 4.69) is 36.3 Å². The molecule has 0 aliphatic rings. The molecule has 120 valence electrons. The zero-order valence-electron chi connectivity index (χ0n) is 13.6. The van der Waals surface area contributed by atoms with Crippen LogP contribution in [0.25, 0.3) is 11.0 Å². The van der Waals surface area contributed by atoms with E-state index in [4.69, 9.17) is 10.5 Å². The molecule has 2 N–H and O–H groups in total. The first-order valence-electron chi connectivity index (χ1n) is 7.92. The van der Waals surface area contributed by atoms with Gasteiger partial charge >= 0.3 is 0 Å². The van der Waals surface area contributed by atoms with Gasteiger partial charge in [0.2, 0.25) is 0 Å². The van der Waals surface area contributed by atoms with Crippen LogP contribution in [0.4, 0.5) is 5.69 Å². The van der Waals surface area contributed by atoms with Crippen molar-refractivity contribution < 1.29 is 4.74 Å². The molecule has 0 aliphatic heterocycles. The number of anilines is 1. The third-order valence-electron chi connectivity index (χ3n) is 4.04. The molecule has 1 aromatic heterocycles. The van der Waals surface area contributed by atoms with E-state index in [1.165, 1.54) is 11.1 Å². The summed E-state index contributed by atoms with van der Waals surface area (Å²) in [5, 5.41) is 8.50. The summed E-state index contributed by atoms with van der Waals surface area (Å²) in [7, 11) is 0. The molecule has 3 rings (SSSR count). The average Bonchev–Trinajstić information content (AvgIpc) is 2.91. The molecular weight excluding hydrogens is 288 g/mol. The minimum atomic E-state index is 0.689. The molecular formula is C18H22N4O. The topological polar surface area (TPSA) is 66.0 Å². The molecule has 0 fully saturated rings. The van der Waals surface area contributed by atoms with Gasteiger partial charge in [0.05, 0.1) is 12.1 Å². The fourth-order valence-electron chi connectivity index (χ4n) is 2.51. The standard InChI is InChI=1S/C18H22N4O/c1-13-11-17-18(12-14(13)2)22(21-20-17)9-3-4-10-23-16-7-5-15(19)6-8-16/h5-8,11-12H,3-4,9-10,19H2,1-2H3. The summed E-state index contributed by atoms with van der Waals surface area (Å²) >= 11 is 0. The number of rotatable bonds is 6. The molecule has 0 atom stereocenters. The van der Waals surface area contributed by atoms with Gasteiger partial charge in [0.1, 0.15) is 11.3 Å². The maximum atomic E-state index is 5.70. The van der Waals surface area contributed by atoms with E-state index >= 15 is 0 Å². The van der Waals surface area contributed by atoms with E-state index in [0.717, 1.165) is 41.9 Å². The number of ether oxygens (including phenoxy) is 1. The maximum Gasteiger partial charge on any atom is 0.119 e. The van der Waals surface area contributed by atoms with Crippen LogP contribution in [0.5, 0.6) is 5.75 Å². The highest BCUT2D eigenvalue weighted by atomic mass is 16.5. The third-order valence-corrected chi connectivity index (χ3v) is 4.04. The molecule has 0 unspecified atom stereocenters. The smallest absolute Gasteiger partial charge is 0.119 e. The van der Waals surface area contributed by atoms with E-state index in [-0.39, 0.29) is 0 Å². The summed E-state index contributed by atoms with van der Waals surface area (Å²) in [5.41, 5.74) is 11.0. The van der Waals surface area contributed by atoms with Crippen molar-refractivity contribution >= 4 is 16.7 Å². The van der Waals surface area contributed by atoms with Crippen molar-refractivity contribution in [1.82, 2.24) is 15.0 Å². The molecule has 23 heavy (non-hydrogen) atoms. The Hall–Kier alpha value is -2.56. The lowest BCUT2D eigenvalue weighted by Crippen LogP contribution is -2.04. The molecule has 0 saturated heterocycles. The largest absolute Gasteiger partial charge is 0.494 e. The first-order valence-corrected chi connectivity index (χ1v) is 7.92. The predicted molar refractivity (Wildman–Crippen MR) is 92.6 cm³/mol. The molecule has 0 saturated carbocycles. The van der Waals surface area contributed by atoms with Crippen LogP contribution in [0, 0.1) is 13.8 Å². The number of nitrogen functional groups attached to an aromatic ring is 1. The quantitative estimate of drug-likeness (QED) is 0.559. The summed E-state index contributed by atoms with van der Waals surface area (Å²) in [6.07, 6.45) is 1.97. The van der Waals surface area contributed by atoms with Crippen molar-refractivity contribution in [3.8, 4) is 5.75 Å². The first-order chi connectivity index (χ1) is 11.1. The van der Waals surface area contributed by atoms with Crippen molar-refractivity contribution in [3.63, 3.8) is 0 Å². The molecule has 3 aromatic rings. The van der Waals surface area contributed by atoms with E-state index in [1.54, 1.807) is 0 Å². The molecule has 5 heteroatoms. The normalized spacial score (nSPS) is 11.0. The van der Waals surface area contributed by atoms with E-state index in [9.17, 15) is 0 Å². The second-order valence-corrected chi connectivity index (χ2v) is 5.86. The van der Waals surface area contributed by atoms with Gasteiger partial charge in [-0.3, -0.25) is 0 Å². The summed E-state index contributed by atoms with van der Waals surface area (Å²) in [6, 6.07) is 11.7. The van der Waals surface area contributed by atoms with Crippen LogP contribution in [0.15, 0.2) is 36.4 Å². The second-order valence-electron chi connectivity index (χ2n) is 5.86. The van der Waals surface area contributed by atoms with Crippen LogP contribution in [-0.4, -0.2) is 21.6 Å². The Morgan fingerprint density at radius 1 is 1.04 bits per heavy atom. The van der Waals surface area contributed by atoms with Gasteiger partial charge in [0.15, 0.2) is 0 Å². The third kappa shape index (κ3) is 3.62. The molecule has 5 nitrogen and oxygen atoms in total. The Morgan fingerprint density at radius 2 is 1.78 bits per heavy atom. The van der Waals surface area contributed by atoms with Gasteiger partial charge in [-0.25, -0.2) is 4.68 Å². The molecule has 0 amide bonds. The van der Waals surface area contributed by atoms with Gasteiger partial charge < -0.3 is 10.5 Å². The van der Waals surface area contributed by atoms with Gasteiger partial charge in [-0.1, -0.05) is 5.21 Å². The van der Waals surface area contributed by atoms with Crippen molar-refractivity contribution in [3.05, 3.63) is 47.5 Å². The number of hydrogen-bond donors (Lipinski definition) is 1. The molecule has 0 radical (unpaired) electrons. The Kier molecular flexibility index (Phi) is 4.46. The number of unbranched alkanes of at least 4 members (excludes halogenated alkanes) is 1. The second kappa shape index (κ2) is 6.69. The van der Waals surface area contributed by atoms with Crippen LogP contribution in [0.1, 0.15) is 24.0 Å². The highest BCUT2D eigenvalue weighted by Gasteiger charge is 2.06. The molecule has 2 aromatic carbocycles. The molecule has 0 bridgehead atoms. The Labute approximate surface area is 136 Å². The van der Waals surface area contributed by atoms with Crippen molar-refractivity contribution in [2.24, 2.45) is 0 Å². The summed E-state index contributed by atoms with van der Waals surface area (Å²) in [5.74, 6) is 0.858. The zero-order chi connectivity index (χ0) is 16.2. The number of hydrogen-bond acceptors (Lipinski definition) is 4. The van der Waals surface area contributed by atoms with Crippen molar-refractivity contribution in [2.45, 2.75) is 33.2 Å². The Balaban J connectivity index is 1.51. The lowest BCUT2D eigenvalue weighted by Gasteiger charge is -2.07. The lowest BCUT2D eigenvalue weighted by atomic mass is 10.1. The molecule has 0 spiro atoms. The van der Waals surface area contributed by atoms with Gasteiger partial charge in [0, 0.05) is 12.2 Å². The summed E-state index contributed by atoms with van der Waals surface area (Å²) < 4.78 is 7.68. The summed E-state index contributed by atoms with van der Waals surface area (Å²) in [4.78, 5) is 0. The molecule has 0 aliphatic carbocycles. The summed E-state index contributed by atoms with van der Waals surface area (Å²) in [6.45, 7) is 5.76. The highest BCUT2D eigenvalue weighted by molar-refractivity contribution is 5.76. The number of nitrogens with two attached hydrogens (primary N) is 1. The van der Waals surface area contributed by atoms with Gasteiger partial charge in [-0.05, 0) is 74.2 Å². The average molecular weight is 310 g/mol. The van der Waals surface area contributed by atoms with Gasteiger partial charge in [0.25, 0.3) is 0 Å². The Morgan fingerprint density at radius 3 is 2.57 bits per heavy atom. The van der Waals surface area contributed by atoms with Gasteiger partial charge in [-0.15, -0.1) is 5.10 Å². The number of aryl methyl sites for hydroxylation is 3. The SMILES string of the molecule is Cc1cc2nnn(CCCCOc3ccc(N)cc3)c2cc1C. The van der Waals surface area contributed by atoms with Crippen molar-refractivity contribution in [2.75, 3.05) is 12.3 Å². The molecule has 1 heterocycles. The fraction of sp³-hybridized carbons (Fsp3) is 0.333. The van der Waals surface area contributed by atoms with Gasteiger partial charge in [-0.2, -0.15) is 0 Å². The highest BCUT2D eigenvalue weighted by Crippen LogP contribution is 2.18. The van der Waals surface area contributed by atoms with Crippen LogP contribution in [0.3, 0.4) is 0 Å². The minimum Gasteiger partial charge on any atom is -0.494 e.